The Morgan fingerprint density at radius 3 is 2.60 bits per heavy atom. The minimum atomic E-state index is -2.40. The van der Waals surface area contributed by atoms with E-state index in [9.17, 15) is 13.6 Å². The molecular formula is C13H25F2N3O2. The van der Waals surface area contributed by atoms with E-state index in [0.717, 1.165) is 25.9 Å². The summed E-state index contributed by atoms with van der Waals surface area (Å²) in [6, 6.07) is 0.385. The highest BCUT2D eigenvalue weighted by atomic mass is 19.3. The van der Waals surface area contributed by atoms with Gasteiger partial charge in [0.1, 0.15) is 6.61 Å². The predicted molar refractivity (Wildman–Crippen MR) is 73.0 cm³/mol. The summed E-state index contributed by atoms with van der Waals surface area (Å²) in [5.41, 5.74) is 0. The van der Waals surface area contributed by atoms with Gasteiger partial charge in [0.2, 0.25) is 5.91 Å². The van der Waals surface area contributed by atoms with Gasteiger partial charge in [-0.25, -0.2) is 8.78 Å². The van der Waals surface area contributed by atoms with Crippen LogP contribution in [0, 0.1) is 0 Å². The lowest BCUT2D eigenvalue weighted by Gasteiger charge is -2.32. The molecule has 1 aliphatic rings. The molecule has 0 saturated carbocycles. The Morgan fingerprint density at radius 1 is 1.40 bits per heavy atom. The van der Waals surface area contributed by atoms with E-state index in [4.69, 9.17) is 4.74 Å². The lowest BCUT2D eigenvalue weighted by Crippen LogP contribution is -2.46. The topological polar surface area (TPSA) is 44.8 Å². The monoisotopic (exact) mass is 293 g/mol. The number of carbonyl (C=O) groups excluding carboxylic acids is 1. The van der Waals surface area contributed by atoms with Crippen LogP contribution in [0.4, 0.5) is 8.78 Å². The molecule has 0 aliphatic carbocycles. The van der Waals surface area contributed by atoms with Crippen LogP contribution in [0.2, 0.25) is 0 Å². The molecule has 1 aliphatic heterocycles. The molecule has 1 N–H and O–H groups in total. The first-order valence-electron chi connectivity index (χ1n) is 7.01. The van der Waals surface area contributed by atoms with Crippen LogP contribution < -0.4 is 5.32 Å². The van der Waals surface area contributed by atoms with Gasteiger partial charge in [0.25, 0.3) is 6.43 Å². The molecule has 0 aromatic rings. The molecular weight excluding hydrogens is 268 g/mol. The van der Waals surface area contributed by atoms with Gasteiger partial charge in [-0.3, -0.25) is 9.69 Å². The molecule has 0 bridgehead atoms. The first kappa shape index (κ1) is 17.3. The molecule has 0 radical (unpaired) electrons. The fourth-order valence-corrected chi connectivity index (χ4v) is 2.14. The number of likely N-dealkylation sites (N-methyl/N-ethyl adjacent to an activating group) is 1. The molecule has 1 rings (SSSR count). The summed E-state index contributed by atoms with van der Waals surface area (Å²) in [5.74, 6) is 0.122. The van der Waals surface area contributed by atoms with Gasteiger partial charge >= 0.3 is 0 Å². The second-order valence-electron chi connectivity index (χ2n) is 5.26. The quantitative estimate of drug-likeness (QED) is 0.659. The molecule has 1 saturated heterocycles. The number of nitrogens with zero attached hydrogens (tertiary/aromatic N) is 2. The van der Waals surface area contributed by atoms with Gasteiger partial charge in [-0.1, -0.05) is 0 Å². The number of nitrogens with one attached hydrogen (secondary N) is 1. The average Bonchev–Trinajstić information content (AvgIpc) is 2.39. The average molecular weight is 293 g/mol. The molecule has 0 atom stereocenters. The number of alkyl halides is 2. The molecule has 20 heavy (non-hydrogen) atoms. The number of likely N-dealkylation sites (tertiary alicyclic amines) is 1. The number of hydrogen-bond acceptors (Lipinski definition) is 4. The zero-order valence-corrected chi connectivity index (χ0v) is 12.3. The van der Waals surface area contributed by atoms with Crippen molar-refractivity contribution in [2.75, 3.05) is 53.5 Å². The number of hydrogen-bond donors (Lipinski definition) is 1. The summed E-state index contributed by atoms with van der Waals surface area (Å²) in [6.45, 7) is 2.64. The predicted octanol–water partition coefficient (Wildman–Crippen LogP) is 0.410. The molecule has 5 nitrogen and oxygen atoms in total. The molecule has 118 valence electrons. The van der Waals surface area contributed by atoms with Crippen LogP contribution in [0.5, 0.6) is 0 Å². The number of ether oxygens (including phenoxy) is 1. The molecule has 7 heteroatoms. The van der Waals surface area contributed by atoms with E-state index in [1.807, 2.05) is 0 Å². The van der Waals surface area contributed by atoms with Crippen molar-refractivity contribution in [3.63, 3.8) is 0 Å². The Labute approximate surface area is 119 Å². The SMILES string of the molecule is CN(C)C(=O)CN1CCC(NCCOCC(F)F)CC1. The summed E-state index contributed by atoms with van der Waals surface area (Å²) in [6.07, 6.45) is -0.460. The van der Waals surface area contributed by atoms with E-state index in [0.29, 0.717) is 25.7 Å². The van der Waals surface area contributed by atoms with Crippen LogP contribution in [0.25, 0.3) is 0 Å². The minimum absolute atomic E-state index is 0.122. The third-order valence-corrected chi connectivity index (χ3v) is 3.37. The number of piperidine rings is 1. The maximum atomic E-state index is 11.8. The molecule has 0 unspecified atom stereocenters. The van der Waals surface area contributed by atoms with Crippen molar-refractivity contribution in [1.29, 1.82) is 0 Å². The molecule has 1 amide bonds. The highest BCUT2D eigenvalue weighted by Gasteiger charge is 2.20. The van der Waals surface area contributed by atoms with Crippen molar-refractivity contribution in [2.45, 2.75) is 25.3 Å². The van der Waals surface area contributed by atoms with Crippen molar-refractivity contribution >= 4 is 5.91 Å². The van der Waals surface area contributed by atoms with Gasteiger partial charge in [0, 0.05) is 39.8 Å². The first-order valence-corrected chi connectivity index (χ1v) is 7.01. The van der Waals surface area contributed by atoms with Crippen LogP contribution in [-0.4, -0.2) is 81.7 Å². The summed E-state index contributed by atoms with van der Waals surface area (Å²) in [7, 11) is 3.52. The smallest absolute Gasteiger partial charge is 0.261 e. The van der Waals surface area contributed by atoms with Crippen molar-refractivity contribution in [1.82, 2.24) is 15.1 Å². The van der Waals surface area contributed by atoms with Crippen LogP contribution in [0.15, 0.2) is 0 Å². The Bertz CT molecular complexity index is 283. The van der Waals surface area contributed by atoms with E-state index in [-0.39, 0.29) is 5.91 Å². The second-order valence-corrected chi connectivity index (χ2v) is 5.26. The molecule has 1 fully saturated rings. The Hall–Kier alpha value is -0.790. The van der Waals surface area contributed by atoms with E-state index < -0.39 is 13.0 Å². The van der Waals surface area contributed by atoms with E-state index in [1.54, 1.807) is 19.0 Å². The third-order valence-electron chi connectivity index (χ3n) is 3.37. The summed E-state index contributed by atoms with van der Waals surface area (Å²) < 4.78 is 28.5. The Morgan fingerprint density at radius 2 is 2.05 bits per heavy atom. The van der Waals surface area contributed by atoms with Gasteiger partial charge in [0.05, 0.1) is 13.2 Å². The van der Waals surface area contributed by atoms with Gasteiger partial charge < -0.3 is 15.0 Å². The number of amides is 1. The molecule has 0 aromatic carbocycles. The zero-order chi connectivity index (χ0) is 15.0. The molecule has 0 spiro atoms. The van der Waals surface area contributed by atoms with E-state index >= 15 is 0 Å². The first-order chi connectivity index (χ1) is 9.49. The highest BCUT2D eigenvalue weighted by Crippen LogP contribution is 2.10. The van der Waals surface area contributed by atoms with Gasteiger partial charge in [0.15, 0.2) is 0 Å². The third kappa shape index (κ3) is 7.12. The standard InChI is InChI=1S/C13H25F2N3O2/c1-17(2)13(19)9-18-6-3-11(4-7-18)16-5-8-20-10-12(14)15/h11-12,16H,3-10H2,1-2H3. The largest absolute Gasteiger partial charge is 0.374 e. The van der Waals surface area contributed by atoms with Gasteiger partial charge in [-0.2, -0.15) is 0 Å². The van der Waals surface area contributed by atoms with Crippen LogP contribution in [0.1, 0.15) is 12.8 Å². The summed E-state index contributed by atoms with van der Waals surface area (Å²) in [5, 5.41) is 3.30. The normalized spacial score (nSPS) is 17.6. The van der Waals surface area contributed by atoms with Crippen LogP contribution >= 0.6 is 0 Å². The Balaban J connectivity index is 2.06. The van der Waals surface area contributed by atoms with E-state index in [1.165, 1.54) is 0 Å². The Kier molecular flexibility index (Phi) is 7.94. The maximum absolute atomic E-state index is 11.8. The molecule has 0 aromatic heterocycles. The van der Waals surface area contributed by atoms with Crippen molar-refractivity contribution in [3.8, 4) is 0 Å². The molecule has 1 heterocycles. The maximum Gasteiger partial charge on any atom is 0.261 e. The summed E-state index contributed by atoms with van der Waals surface area (Å²) in [4.78, 5) is 15.3. The highest BCUT2D eigenvalue weighted by molar-refractivity contribution is 5.77. The lowest BCUT2D eigenvalue weighted by molar-refractivity contribution is -0.130. The number of halogens is 2. The van der Waals surface area contributed by atoms with Gasteiger partial charge in [-0.15, -0.1) is 0 Å². The van der Waals surface area contributed by atoms with Crippen molar-refractivity contribution in [3.05, 3.63) is 0 Å². The lowest BCUT2D eigenvalue weighted by atomic mass is 10.1. The second kappa shape index (κ2) is 9.20. The minimum Gasteiger partial charge on any atom is -0.374 e. The zero-order valence-electron chi connectivity index (χ0n) is 12.3. The number of rotatable bonds is 8. The fraction of sp³-hybridized carbons (Fsp3) is 0.923. The number of carbonyl (C=O) groups is 1. The van der Waals surface area contributed by atoms with E-state index in [2.05, 4.69) is 10.2 Å². The van der Waals surface area contributed by atoms with Crippen LogP contribution in [-0.2, 0) is 9.53 Å². The van der Waals surface area contributed by atoms with Gasteiger partial charge in [-0.05, 0) is 12.8 Å². The van der Waals surface area contributed by atoms with Crippen LogP contribution in [0.3, 0.4) is 0 Å². The fourth-order valence-electron chi connectivity index (χ4n) is 2.14. The van der Waals surface area contributed by atoms with Crippen molar-refractivity contribution in [2.24, 2.45) is 0 Å². The van der Waals surface area contributed by atoms with Crippen molar-refractivity contribution < 1.29 is 18.3 Å². The summed E-state index contributed by atoms with van der Waals surface area (Å²) >= 11 is 0.